The van der Waals surface area contributed by atoms with Gasteiger partial charge in [-0.1, -0.05) is 77.9 Å². The van der Waals surface area contributed by atoms with Crippen LogP contribution in [0.4, 0.5) is 40.8 Å². The van der Waals surface area contributed by atoms with Crippen molar-refractivity contribution in [1.29, 1.82) is 0 Å². The maximum atomic E-state index is 14.3. The molecular formula is C35H40F8N2O4. The van der Waals surface area contributed by atoms with Crippen LogP contribution >= 0.6 is 0 Å². The summed E-state index contributed by atoms with van der Waals surface area (Å²) in [4.78, 5) is 25.3. The first-order chi connectivity index (χ1) is 22.6. The van der Waals surface area contributed by atoms with Crippen LogP contribution in [0.5, 0.6) is 11.5 Å². The van der Waals surface area contributed by atoms with Crippen LogP contribution in [0, 0.1) is 0 Å². The van der Waals surface area contributed by atoms with Gasteiger partial charge in [-0.05, 0) is 47.8 Å². The van der Waals surface area contributed by atoms with Gasteiger partial charge < -0.3 is 20.5 Å². The van der Waals surface area contributed by atoms with E-state index in [2.05, 4.69) is 52.9 Å². The van der Waals surface area contributed by atoms with Gasteiger partial charge in [0.15, 0.2) is 0 Å². The molecule has 3 N–H and O–H groups in total. The Hall–Kier alpha value is -4.10. The van der Waals surface area contributed by atoms with Gasteiger partial charge in [0.2, 0.25) is 0 Å². The van der Waals surface area contributed by atoms with Gasteiger partial charge in [-0.25, -0.2) is 8.78 Å². The lowest BCUT2D eigenvalue weighted by Gasteiger charge is -2.31. The summed E-state index contributed by atoms with van der Waals surface area (Å²) in [5, 5.41) is 14.2. The Morgan fingerprint density at radius 2 is 1.45 bits per heavy atom. The third kappa shape index (κ3) is 7.72. The van der Waals surface area contributed by atoms with Crippen molar-refractivity contribution < 1.29 is 54.6 Å². The minimum atomic E-state index is -6.78. The van der Waals surface area contributed by atoms with E-state index in [1.807, 2.05) is 12.1 Å². The Bertz CT molecular complexity index is 1670. The molecule has 2 amide bonds. The van der Waals surface area contributed by atoms with E-state index in [-0.39, 0.29) is 41.2 Å². The van der Waals surface area contributed by atoms with Crippen LogP contribution in [-0.4, -0.2) is 54.3 Å². The van der Waals surface area contributed by atoms with Gasteiger partial charge in [0.25, 0.3) is 5.91 Å². The van der Waals surface area contributed by atoms with Crippen molar-refractivity contribution in [2.75, 3.05) is 18.5 Å². The van der Waals surface area contributed by atoms with Crippen LogP contribution in [0.1, 0.15) is 82.3 Å². The minimum absolute atomic E-state index is 0.00670. The van der Waals surface area contributed by atoms with Crippen LogP contribution < -0.4 is 15.4 Å². The van der Waals surface area contributed by atoms with E-state index in [4.69, 9.17) is 4.74 Å². The molecule has 270 valence electrons. The average molecular weight is 705 g/mol. The van der Waals surface area contributed by atoms with E-state index in [0.717, 1.165) is 24.5 Å². The molecule has 0 heterocycles. The molecule has 0 fully saturated rings. The van der Waals surface area contributed by atoms with Crippen LogP contribution in [0.15, 0.2) is 48.5 Å². The number of benzene rings is 3. The number of aromatic hydroxyl groups is 1. The summed E-state index contributed by atoms with van der Waals surface area (Å²) in [6.07, 6.45) is -3.16. The number of hydrogen-bond acceptors (Lipinski definition) is 4. The number of halogens is 8. The molecule has 0 atom stereocenters. The van der Waals surface area contributed by atoms with Crippen molar-refractivity contribution in [3.05, 3.63) is 65.2 Å². The van der Waals surface area contributed by atoms with E-state index < -0.39 is 53.0 Å². The van der Waals surface area contributed by atoms with Crippen molar-refractivity contribution in [3.63, 3.8) is 0 Å². The maximum Gasteiger partial charge on any atom is 0.393 e. The molecule has 3 rings (SSSR count). The Balaban J connectivity index is 1.79. The number of nitrogens with one attached hydrogen (secondary N) is 2. The quantitative estimate of drug-likeness (QED) is 0.0837. The summed E-state index contributed by atoms with van der Waals surface area (Å²) >= 11 is 0. The number of phenols is 1. The summed E-state index contributed by atoms with van der Waals surface area (Å²) in [6.45, 7) is 12.9. The fraction of sp³-hybridized carbons (Fsp3) is 0.486. The molecule has 0 radical (unpaired) electrons. The number of carbonyl (C=O) groups excluding carboxylic acids is 2. The van der Waals surface area contributed by atoms with Gasteiger partial charge >= 0.3 is 30.1 Å². The normalized spacial score (nSPS) is 13.1. The highest BCUT2D eigenvalue weighted by atomic mass is 19.4. The Labute approximate surface area is 279 Å². The summed E-state index contributed by atoms with van der Waals surface area (Å²) in [5.74, 6) is -23.6. The smallest absolute Gasteiger partial charge is 0.393 e. The van der Waals surface area contributed by atoms with E-state index in [1.165, 1.54) is 29.1 Å². The summed E-state index contributed by atoms with van der Waals surface area (Å²) in [6, 6.07) is 11.8. The average Bonchev–Trinajstić information content (AvgIpc) is 3.05. The van der Waals surface area contributed by atoms with E-state index in [9.17, 15) is 49.8 Å². The lowest BCUT2D eigenvalue weighted by atomic mass is 9.76. The topological polar surface area (TPSA) is 87.7 Å². The minimum Gasteiger partial charge on any atom is -0.506 e. The molecule has 0 aliphatic rings. The van der Waals surface area contributed by atoms with Crippen molar-refractivity contribution in [1.82, 2.24) is 5.32 Å². The van der Waals surface area contributed by atoms with Crippen molar-refractivity contribution in [3.8, 4) is 11.5 Å². The van der Waals surface area contributed by atoms with Crippen molar-refractivity contribution in [2.45, 2.75) is 95.8 Å². The van der Waals surface area contributed by atoms with Gasteiger partial charge in [-0.3, -0.25) is 9.59 Å². The zero-order valence-corrected chi connectivity index (χ0v) is 27.9. The SMILES string of the molecule is CCC(C)(C)c1ccc(OCCCNC(=O)c2cc(NC(=O)C(F)(F)C(F)(F)C(F)(F)C(F)F)c3ccccc3c2O)c(C(C)(C)CC)c1. The number of anilines is 1. The molecule has 0 aliphatic carbocycles. The number of alkyl halides is 8. The molecule has 6 nitrogen and oxygen atoms in total. The third-order valence-corrected chi connectivity index (χ3v) is 9.00. The summed E-state index contributed by atoms with van der Waals surface area (Å²) in [5.41, 5.74) is 0.615. The molecular weight excluding hydrogens is 664 g/mol. The number of amides is 2. The monoisotopic (exact) mass is 704 g/mol. The zero-order chi connectivity index (χ0) is 37.2. The maximum absolute atomic E-state index is 14.3. The number of hydrogen-bond donors (Lipinski definition) is 3. The van der Waals surface area contributed by atoms with Crippen LogP contribution in [0.25, 0.3) is 10.8 Å². The predicted molar refractivity (Wildman–Crippen MR) is 171 cm³/mol. The highest BCUT2D eigenvalue weighted by Crippen LogP contribution is 2.49. The van der Waals surface area contributed by atoms with E-state index >= 15 is 0 Å². The fourth-order valence-electron chi connectivity index (χ4n) is 4.88. The van der Waals surface area contributed by atoms with Crippen molar-refractivity contribution in [2.24, 2.45) is 0 Å². The van der Waals surface area contributed by atoms with Crippen LogP contribution in [0.3, 0.4) is 0 Å². The Morgan fingerprint density at radius 3 is 2.02 bits per heavy atom. The first-order valence-corrected chi connectivity index (χ1v) is 15.6. The van der Waals surface area contributed by atoms with Gasteiger partial charge in [-0.15, -0.1) is 0 Å². The molecule has 0 aliphatic heterocycles. The standard InChI is InChI=1S/C35H40F8N2O4/c1-7-31(3,4)20-14-15-26(24(18-20)32(5,6)8-2)49-17-11-16-44-28(47)23-19-25(21-12-9-10-13-22(21)27(23)46)45-30(48)34(40,41)35(42,43)33(38,39)29(36)37/h9-10,12-15,18-19,29,46H,7-8,11,16-17H2,1-6H3,(H,44,47)(H,45,48). The molecule has 0 saturated heterocycles. The zero-order valence-electron chi connectivity index (χ0n) is 27.9. The summed E-state index contributed by atoms with van der Waals surface area (Å²) in [7, 11) is 0. The molecule has 3 aromatic carbocycles. The third-order valence-electron chi connectivity index (χ3n) is 9.00. The molecule has 0 unspecified atom stereocenters. The second-order valence-corrected chi connectivity index (χ2v) is 13.0. The summed E-state index contributed by atoms with van der Waals surface area (Å²) < 4.78 is 114. The number of fused-ring (bicyclic) bond motifs is 1. The van der Waals surface area contributed by atoms with E-state index in [0.29, 0.717) is 11.8 Å². The first-order valence-electron chi connectivity index (χ1n) is 15.6. The highest BCUT2D eigenvalue weighted by molar-refractivity contribution is 6.11. The molecule has 14 heteroatoms. The van der Waals surface area contributed by atoms with Gasteiger partial charge in [0, 0.05) is 28.6 Å². The molecule has 0 spiro atoms. The lowest BCUT2D eigenvalue weighted by molar-refractivity contribution is -0.326. The molecule has 49 heavy (non-hydrogen) atoms. The molecule has 0 saturated carbocycles. The first kappa shape index (κ1) is 39.3. The molecule has 0 aromatic heterocycles. The van der Waals surface area contributed by atoms with Gasteiger partial charge in [0.05, 0.1) is 12.2 Å². The van der Waals surface area contributed by atoms with E-state index in [1.54, 1.807) is 0 Å². The Kier molecular flexibility index (Phi) is 11.6. The lowest BCUT2D eigenvalue weighted by Crippen LogP contribution is -2.61. The number of phenolic OH excluding ortho intramolecular Hbond substituents is 1. The molecule has 3 aromatic rings. The predicted octanol–water partition coefficient (Wildman–Crippen LogP) is 9.23. The van der Waals surface area contributed by atoms with Crippen LogP contribution in [-0.2, 0) is 15.6 Å². The van der Waals surface area contributed by atoms with Gasteiger partial charge in [0.1, 0.15) is 11.5 Å². The number of rotatable bonds is 15. The number of carbonyl (C=O) groups is 2. The highest BCUT2D eigenvalue weighted by Gasteiger charge is 2.78. The second-order valence-electron chi connectivity index (χ2n) is 13.0. The van der Waals surface area contributed by atoms with Gasteiger partial charge in [-0.2, -0.15) is 26.3 Å². The van der Waals surface area contributed by atoms with Crippen LogP contribution in [0.2, 0.25) is 0 Å². The van der Waals surface area contributed by atoms with Crippen molar-refractivity contribution >= 4 is 28.3 Å². The molecule has 0 bridgehead atoms. The second kappa shape index (κ2) is 14.4. The Morgan fingerprint density at radius 1 is 0.857 bits per heavy atom. The largest absolute Gasteiger partial charge is 0.506 e. The fourth-order valence-corrected chi connectivity index (χ4v) is 4.88. The number of ether oxygens (including phenoxy) is 1.